The van der Waals surface area contributed by atoms with Crippen LogP contribution in [0.1, 0.15) is 18.5 Å². The summed E-state index contributed by atoms with van der Waals surface area (Å²) in [5, 5.41) is 14.1. The molecular formula is C13H13ClN2O3. The molecule has 2 amide bonds. The van der Waals surface area contributed by atoms with Gasteiger partial charge in [-0.25, -0.2) is 9.59 Å². The number of amides is 2. The number of urea groups is 1. The van der Waals surface area contributed by atoms with E-state index in [0.29, 0.717) is 5.56 Å². The molecule has 0 aromatic heterocycles. The zero-order valence-corrected chi connectivity index (χ0v) is 10.9. The Balaban J connectivity index is 2.87. The van der Waals surface area contributed by atoms with Crippen LogP contribution in [-0.2, 0) is 4.79 Å². The van der Waals surface area contributed by atoms with Gasteiger partial charge in [0.1, 0.15) is 0 Å². The van der Waals surface area contributed by atoms with Crippen LogP contribution in [0.15, 0.2) is 24.3 Å². The standard InChI is InChI=1S/C13H13ClN2O3/c1-3-8(2)15-13(19)16-11(12(17)18)9-6-4-5-7-10(9)14/h1,4-8,11H,2H3,(H,17,18)(H2,15,16,19)/t8?,11-/m1/s1. The Morgan fingerprint density at radius 3 is 2.53 bits per heavy atom. The molecule has 0 spiro atoms. The van der Waals surface area contributed by atoms with Crippen molar-refractivity contribution >= 4 is 23.6 Å². The lowest BCUT2D eigenvalue weighted by Crippen LogP contribution is -2.44. The molecule has 2 atom stereocenters. The number of rotatable bonds is 4. The molecule has 0 fully saturated rings. The lowest BCUT2D eigenvalue weighted by atomic mass is 10.1. The Labute approximate surface area is 116 Å². The number of benzene rings is 1. The van der Waals surface area contributed by atoms with E-state index in [4.69, 9.17) is 23.1 Å². The van der Waals surface area contributed by atoms with Gasteiger partial charge in [0.05, 0.1) is 6.04 Å². The molecule has 100 valence electrons. The summed E-state index contributed by atoms with van der Waals surface area (Å²) in [5.74, 6) is 1.09. The number of hydrogen-bond donors (Lipinski definition) is 3. The van der Waals surface area contributed by atoms with E-state index in [-0.39, 0.29) is 5.02 Å². The third-order valence-corrected chi connectivity index (χ3v) is 2.68. The molecule has 0 heterocycles. The topological polar surface area (TPSA) is 78.4 Å². The summed E-state index contributed by atoms with van der Waals surface area (Å²) in [7, 11) is 0. The molecule has 0 aliphatic heterocycles. The summed E-state index contributed by atoms with van der Waals surface area (Å²) in [5.41, 5.74) is 0.306. The smallest absolute Gasteiger partial charge is 0.331 e. The van der Waals surface area contributed by atoms with Crippen LogP contribution >= 0.6 is 11.6 Å². The van der Waals surface area contributed by atoms with Gasteiger partial charge >= 0.3 is 12.0 Å². The van der Waals surface area contributed by atoms with Gasteiger partial charge < -0.3 is 15.7 Å². The molecule has 1 aromatic carbocycles. The highest BCUT2D eigenvalue weighted by Crippen LogP contribution is 2.22. The lowest BCUT2D eigenvalue weighted by molar-refractivity contribution is -0.139. The zero-order valence-electron chi connectivity index (χ0n) is 10.2. The van der Waals surface area contributed by atoms with E-state index in [1.807, 2.05) is 0 Å². The summed E-state index contributed by atoms with van der Waals surface area (Å²) in [4.78, 5) is 22.8. The van der Waals surface area contributed by atoms with Gasteiger partial charge in [-0.3, -0.25) is 0 Å². The first-order valence-electron chi connectivity index (χ1n) is 5.46. The molecule has 1 rings (SSSR count). The number of aliphatic carboxylic acids is 1. The highest BCUT2D eigenvalue weighted by atomic mass is 35.5. The molecule has 0 saturated heterocycles. The van der Waals surface area contributed by atoms with E-state index in [1.54, 1.807) is 25.1 Å². The average molecular weight is 281 g/mol. The van der Waals surface area contributed by atoms with E-state index in [1.165, 1.54) is 6.07 Å². The van der Waals surface area contributed by atoms with Crippen molar-refractivity contribution in [2.75, 3.05) is 0 Å². The van der Waals surface area contributed by atoms with E-state index in [9.17, 15) is 9.59 Å². The van der Waals surface area contributed by atoms with Crippen LogP contribution in [0.4, 0.5) is 4.79 Å². The molecule has 6 heteroatoms. The third-order valence-electron chi connectivity index (χ3n) is 2.34. The molecule has 1 aromatic rings. The van der Waals surface area contributed by atoms with Crippen molar-refractivity contribution in [1.29, 1.82) is 0 Å². The summed E-state index contributed by atoms with van der Waals surface area (Å²) < 4.78 is 0. The van der Waals surface area contributed by atoms with Gasteiger partial charge in [0.2, 0.25) is 0 Å². The Hall–Kier alpha value is -2.19. The van der Waals surface area contributed by atoms with Crippen molar-refractivity contribution in [3.05, 3.63) is 34.9 Å². The maximum absolute atomic E-state index is 11.6. The minimum atomic E-state index is -1.24. The molecule has 5 nitrogen and oxygen atoms in total. The Bertz CT molecular complexity index is 525. The number of carbonyl (C=O) groups excluding carboxylic acids is 1. The summed E-state index contributed by atoms with van der Waals surface area (Å²) in [6.07, 6.45) is 5.12. The number of nitrogens with one attached hydrogen (secondary N) is 2. The number of terminal acetylenes is 1. The molecule has 0 saturated carbocycles. The Kier molecular flexibility index (Phi) is 5.22. The van der Waals surface area contributed by atoms with Gasteiger partial charge in [0, 0.05) is 10.6 Å². The van der Waals surface area contributed by atoms with E-state index in [2.05, 4.69) is 16.6 Å². The minimum Gasteiger partial charge on any atom is -0.479 e. The molecule has 3 N–H and O–H groups in total. The summed E-state index contributed by atoms with van der Waals surface area (Å²) in [6.45, 7) is 1.60. The van der Waals surface area contributed by atoms with Crippen LogP contribution in [0.25, 0.3) is 0 Å². The largest absolute Gasteiger partial charge is 0.479 e. The summed E-state index contributed by atoms with van der Waals surface area (Å²) >= 11 is 5.91. The number of carboxylic acid groups (broad SMARTS) is 1. The molecule has 0 bridgehead atoms. The van der Waals surface area contributed by atoms with E-state index >= 15 is 0 Å². The van der Waals surface area contributed by atoms with Crippen LogP contribution in [0, 0.1) is 12.3 Å². The van der Waals surface area contributed by atoms with Gasteiger partial charge in [-0.05, 0) is 13.0 Å². The van der Waals surface area contributed by atoms with Crippen molar-refractivity contribution in [2.24, 2.45) is 0 Å². The Morgan fingerprint density at radius 2 is 2.00 bits per heavy atom. The predicted octanol–water partition coefficient (Wildman–Crippen LogP) is 1.79. The average Bonchev–Trinajstić information content (AvgIpc) is 2.36. The second-order valence-electron chi connectivity index (χ2n) is 3.80. The molecule has 0 aliphatic rings. The lowest BCUT2D eigenvalue weighted by Gasteiger charge is -2.17. The maximum Gasteiger partial charge on any atom is 0.331 e. The SMILES string of the molecule is C#CC(C)NC(=O)N[C@@H](C(=O)O)c1ccccc1Cl. The van der Waals surface area contributed by atoms with Crippen LogP contribution < -0.4 is 10.6 Å². The van der Waals surface area contributed by atoms with Crippen molar-refractivity contribution < 1.29 is 14.7 Å². The van der Waals surface area contributed by atoms with Crippen LogP contribution in [0.2, 0.25) is 5.02 Å². The normalized spacial score (nSPS) is 12.9. The molecule has 1 unspecified atom stereocenters. The first-order chi connectivity index (χ1) is 8.95. The highest BCUT2D eigenvalue weighted by Gasteiger charge is 2.24. The van der Waals surface area contributed by atoms with E-state index in [0.717, 1.165) is 0 Å². The first-order valence-corrected chi connectivity index (χ1v) is 5.84. The number of hydrogen-bond acceptors (Lipinski definition) is 2. The highest BCUT2D eigenvalue weighted by molar-refractivity contribution is 6.31. The second-order valence-corrected chi connectivity index (χ2v) is 4.21. The van der Waals surface area contributed by atoms with Gasteiger partial charge in [0.15, 0.2) is 6.04 Å². The molecule has 0 radical (unpaired) electrons. The van der Waals surface area contributed by atoms with Crippen molar-refractivity contribution in [3.8, 4) is 12.3 Å². The van der Waals surface area contributed by atoms with Crippen molar-refractivity contribution in [2.45, 2.75) is 19.0 Å². The molecule has 19 heavy (non-hydrogen) atoms. The summed E-state index contributed by atoms with van der Waals surface area (Å²) in [6, 6.07) is 3.99. The van der Waals surface area contributed by atoms with Gasteiger partial charge in [0.25, 0.3) is 0 Å². The fourth-order valence-corrected chi connectivity index (χ4v) is 1.64. The van der Waals surface area contributed by atoms with Crippen LogP contribution in [0.5, 0.6) is 0 Å². The maximum atomic E-state index is 11.6. The quantitative estimate of drug-likeness (QED) is 0.736. The monoisotopic (exact) mass is 280 g/mol. The number of carbonyl (C=O) groups is 2. The van der Waals surface area contributed by atoms with Crippen molar-refractivity contribution in [1.82, 2.24) is 10.6 Å². The van der Waals surface area contributed by atoms with Gasteiger partial charge in [-0.15, -0.1) is 6.42 Å². The van der Waals surface area contributed by atoms with Crippen LogP contribution in [0.3, 0.4) is 0 Å². The van der Waals surface area contributed by atoms with Gasteiger partial charge in [-0.2, -0.15) is 0 Å². The van der Waals surface area contributed by atoms with E-state index < -0.39 is 24.1 Å². The van der Waals surface area contributed by atoms with Crippen LogP contribution in [-0.4, -0.2) is 23.1 Å². The fraction of sp³-hybridized carbons (Fsp3) is 0.231. The first kappa shape index (κ1) is 14.9. The zero-order chi connectivity index (χ0) is 14.4. The Morgan fingerprint density at radius 1 is 1.37 bits per heavy atom. The number of carboxylic acids is 1. The number of halogens is 1. The second kappa shape index (κ2) is 6.66. The predicted molar refractivity (Wildman–Crippen MR) is 71.8 cm³/mol. The van der Waals surface area contributed by atoms with Gasteiger partial charge in [-0.1, -0.05) is 35.7 Å². The molecule has 0 aliphatic carbocycles. The minimum absolute atomic E-state index is 0.264. The molecular weight excluding hydrogens is 268 g/mol. The van der Waals surface area contributed by atoms with Crippen molar-refractivity contribution in [3.63, 3.8) is 0 Å². The fourth-order valence-electron chi connectivity index (χ4n) is 1.39. The third kappa shape index (κ3) is 4.19.